The molecule has 2 aromatic carbocycles. The van der Waals surface area contributed by atoms with E-state index in [0.29, 0.717) is 10.0 Å². The van der Waals surface area contributed by atoms with Gasteiger partial charge in [-0.05, 0) is 36.4 Å². The summed E-state index contributed by atoms with van der Waals surface area (Å²) < 4.78 is 52.4. The number of hydrogen-bond donors (Lipinski definition) is 2. The maximum absolute atomic E-state index is 13.5. The minimum absolute atomic E-state index is 0.0620. The fraction of sp³-hybridized carbons (Fsp3) is 0.143. The molecule has 0 aliphatic heterocycles. The zero-order chi connectivity index (χ0) is 15.6. The predicted octanol–water partition coefficient (Wildman–Crippen LogP) is 4.80. The van der Waals surface area contributed by atoms with Gasteiger partial charge < -0.3 is 11.1 Å². The van der Waals surface area contributed by atoms with Gasteiger partial charge in [0.05, 0.1) is 5.56 Å². The lowest BCUT2D eigenvalue weighted by molar-refractivity contribution is -0.136. The first kappa shape index (κ1) is 15.6. The number of benzene rings is 2. The number of halogens is 5. The van der Waals surface area contributed by atoms with Crippen LogP contribution in [0.15, 0.2) is 40.9 Å². The van der Waals surface area contributed by atoms with Crippen LogP contribution in [0.1, 0.15) is 11.1 Å². The monoisotopic (exact) mass is 362 g/mol. The highest BCUT2D eigenvalue weighted by atomic mass is 79.9. The first-order valence-corrected chi connectivity index (χ1v) is 6.71. The predicted molar refractivity (Wildman–Crippen MR) is 77.3 cm³/mol. The van der Waals surface area contributed by atoms with Gasteiger partial charge in [-0.2, -0.15) is 13.2 Å². The smallest absolute Gasteiger partial charge is 0.398 e. The molecule has 0 amide bonds. The van der Waals surface area contributed by atoms with E-state index in [1.165, 1.54) is 18.2 Å². The quantitative estimate of drug-likeness (QED) is 0.607. The lowest BCUT2D eigenvalue weighted by Gasteiger charge is -2.13. The zero-order valence-electron chi connectivity index (χ0n) is 10.6. The molecule has 0 unspecified atom stereocenters. The highest BCUT2D eigenvalue weighted by Crippen LogP contribution is 2.35. The zero-order valence-corrected chi connectivity index (χ0v) is 12.2. The number of nitrogen functional groups attached to an aromatic ring is 1. The number of alkyl halides is 3. The van der Waals surface area contributed by atoms with Crippen molar-refractivity contribution in [3.63, 3.8) is 0 Å². The average Bonchev–Trinajstić information content (AvgIpc) is 2.40. The van der Waals surface area contributed by atoms with Crippen LogP contribution in [0.2, 0.25) is 0 Å². The van der Waals surface area contributed by atoms with Crippen LogP contribution in [0.3, 0.4) is 0 Å². The van der Waals surface area contributed by atoms with Crippen LogP contribution in [0.25, 0.3) is 0 Å². The third-order valence-corrected chi connectivity index (χ3v) is 3.34. The Labute approximate surface area is 127 Å². The first-order valence-electron chi connectivity index (χ1n) is 5.92. The Morgan fingerprint density at radius 1 is 1.10 bits per heavy atom. The normalized spacial score (nSPS) is 11.5. The van der Waals surface area contributed by atoms with Crippen molar-refractivity contribution in [2.45, 2.75) is 12.7 Å². The molecule has 0 atom stereocenters. The molecular weight excluding hydrogens is 352 g/mol. The third-order valence-electron chi connectivity index (χ3n) is 2.85. The van der Waals surface area contributed by atoms with Crippen molar-refractivity contribution < 1.29 is 17.6 Å². The van der Waals surface area contributed by atoms with Gasteiger partial charge in [0.25, 0.3) is 0 Å². The van der Waals surface area contributed by atoms with Crippen molar-refractivity contribution in [2.75, 3.05) is 11.1 Å². The second kappa shape index (κ2) is 5.93. The van der Waals surface area contributed by atoms with Gasteiger partial charge in [-0.1, -0.05) is 15.9 Å². The van der Waals surface area contributed by atoms with Crippen molar-refractivity contribution in [3.05, 3.63) is 57.8 Å². The maximum atomic E-state index is 13.5. The van der Waals surface area contributed by atoms with Crippen LogP contribution in [0.5, 0.6) is 0 Å². The molecule has 0 aliphatic carbocycles. The topological polar surface area (TPSA) is 38.0 Å². The van der Waals surface area contributed by atoms with Crippen LogP contribution in [-0.4, -0.2) is 0 Å². The fourth-order valence-electron chi connectivity index (χ4n) is 1.79. The van der Waals surface area contributed by atoms with E-state index in [9.17, 15) is 17.6 Å². The lowest BCUT2D eigenvalue weighted by Crippen LogP contribution is -2.10. The molecule has 0 heterocycles. The SMILES string of the molecule is Nc1ccc(NCc2cc(Br)ccc2F)cc1C(F)(F)F. The molecule has 3 N–H and O–H groups in total. The number of anilines is 2. The molecule has 0 aliphatic rings. The molecular formula is C14H11BrF4N2. The Bertz CT molecular complexity index is 656. The van der Waals surface area contributed by atoms with Crippen molar-refractivity contribution in [1.29, 1.82) is 0 Å². The molecule has 0 aromatic heterocycles. The standard InChI is InChI=1S/C14H11BrF4N2/c15-9-1-3-12(16)8(5-9)7-21-10-2-4-13(20)11(6-10)14(17,18)19/h1-6,21H,7,20H2. The van der Waals surface area contributed by atoms with E-state index in [4.69, 9.17) is 5.73 Å². The van der Waals surface area contributed by atoms with E-state index in [1.807, 2.05) is 0 Å². The van der Waals surface area contributed by atoms with Crippen LogP contribution < -0.4 is 11.1 Å². The number of rotatable bonds is 3. The number of hydrogen-bond acceptors (Lipinski definition) is 2. The van der Waals surface area contributed by atoms with E-state index < -0.39 is 17.6 Å². The second-order valence-corrected chi connectivity index (χ2v) is 5.30. The molecule has 0 bridgehead atoms. The minimum atomic E-state index is -4.53. The Morgan fingerprint density at radius 3 is 2.48 bits per heavy atom. The Balaban J connectivity index is 2.19. The summed E-state index contributed by atoms with van der Waals surface area (Å²) in [5.41, 5.74) is 4.61. The van der Waals surface area contributed by atoms with E-state index >= 15 is 0 Å². The van der Waals surface area contributed by atoms with E-state index in [2.05, 4.69) is 21.2 Å². The van der Waals surface area contributed by atoms with Gasteiger partial charge in [0, 0.05) is 28.0 Å². The maximum Gasteiger partial charge on any atom is 0.418 e. The van der Waals surface area contributed by atoms with Crippen LogP contribution in [-0.2, 0) is 12.7 Å². The fourth-order valence-corrected chi connectivity index (χ4v) is 2.20. The highest BCUT2D eigenvalue weighted by Gasteiger charge is 2.33. The summed E-state index contributed by atoms with van der Waals surface area (Å²) in [6, 6.07) is 7.88. The highest BCUT2D eigenvalue weighted by molar-refractivity contribution is 9.10. The van der Waals surface area contributed by atoms with Crippen molar-refractivity contribution >= 4 is 27.3 Å². The van der Waals surface area contributed by atoms with E-state index in [-0.39, 0.29) is 17.9 Å². The molecule has 2 aromatic rings. The number of nitrogens with two attached hydrogens (primary N) is 1. The summed E-state index contributed by atoms with van der Waals surface area (Å²) in [5, 5.41) is 2.75. The lowest BCUT2D eigenvalue weighted by atomic mass is 10.1. The van der Waals surface area contributed by atoms with Crippen LogP contribution >= 0.6 is 15.9 Å². The summed E-state index contributed by atoms with van der Waals surface area (Å²) in [6.45, 7) is 0.0620. The first-order chi connectivity index (χ1) is 9.77. The van der Waals surface area contributed by atoms with Crippen molar-refractivity contribution in [2.24, 2.45) is 0 Å². The molecule has 7 heteroatoms. The summed E-state index contributed by atoms with van der Waals surface area (Å²) in [4.78, 5) is 0. The molecule has 21 heavy (non-hydrogen) atoms. The third kappa shape index (κ3) is 3.87. The van der Waals surface area contributed by atoms with Crippen molar-refractivity contribution in [3.8, 4) is 0 Å². The van der Waals surface area contributed by atoms with E-state index in [1.54, 1.807) is 12.1 Å². The molecule has 0 saturated heterocycles. The van der Waals surface area contributed by atoms with Gasteiger partial charge >= 0.3 is 6.18 Å². The van der Waals surface area contributed by atoms with Gasteiger partial charge in [0.2, 0.25) is 0 Å². The largest absolute Gasteiger partial charge is 0.418 e. The molecule has 2 nitrogen and oxygen atoms in total. The van der Waals surface area contributed by atoms with Crippen molar-refractivity contribution in [1.82, 2.24) is 0 Å². The molecule has 0 fully saturated rings. The summed E-state index contributed by atoms with van der Waals surface area (Å²) >= 11 is 3.21. The summed E-state index contributed by atoms with van der Waals surface area (Å²) in [7, 11) is 0. The molecule has 0 radical (unpaired) electrons. The van der Waals surface area contributed by atoms with Gasteiger partial charge in [0.1, 0.15) is 5.82 Å². The van der Waals surface area contributed by atoms with Crippen LogP contribution in [0.4, 0.5) is 28.9 Å². The minimum Gasteiger partial charge on any atom is -0.398 e. The van der Waals surface area contributed by atoms with Gasteiger partial charge in [0.15, 0.2) is 0 Å². The second-order valence-electron chi connectivity index (χ2n) is 4.39. The Morgan fingerprint density at radius 2 is 1.81 bits per heavy atom. The summed E-state index contributed by atoms with van der Waals surface area (Å²) in [5.74, 6) is -0.433. The molecule has 0 saturated carbocycles. The Hall–Kier alpha value is -1.76. The molecule has 112 valence electrons. The van der Waals surface area contributed by atoms with Gasteiger partial charge in [-0.15, -0.1) is 0 Å². The van der Waals surface area contributed by atoms with Gasteiger partial charge in [-0.3, -0.25) is 0 Å². The van der Waals surface area contributed by atoms with Crippen LogP contribution in [0, 0.1) is 5.82 Å². The van der Waals surface area contributed by atoms with Gasteiger partial charge in [-0.25, -0.2) is 4.39 Å². The van der Waals surface area contributed by atoms with E-state index in [0.717, 1.165) is 6.07 Å². The Kier molecular flexibility index (Phi) is 4.41. The molecule has 2 rings (SSSR count). The summed E-state index contributed by atoms with van der Waals surface area (Å²) in [6.07, 6.45) is -4.53. The molecule has 0 spiro atoms. The average molecular weight is 363 g/mol. The number of nitrogens with one attached hydrogen (secondary N) is 1.